The smallest absolute Gasteiger partial charge is 0.310 e. The second-order valence-corrected chi connectivity index (χ2v) is 5.67. The monoisotopic (exact) mass is 357 g/mol. The first kappa shape index (κ1) is 16.8. The first-order chi connectivity index (χ1) is 8.81. The Morgan fingerprint density at radius 2 is 2.00 bits per heavy atom. The van der Waals surface area contributed by atoms with Crippen LogP contribution in [0.2, 0.25) is 5.02 Å². The molecule has 1 nitrogen and oxygen atoms in total. The summed E-state index contributed by atoms with van der Waals surface area (Å²) in [5.74, 6) is 0. The SMILES string of the molecule is CCNC(CCCC(F)(F)F)c1cc(Cl)cc(Br)c1. The largest absolute Gasteiger partial charge is 0.389 e. The van der Waals surface area contributed by atoms with Gasteiger partial charge in [0.1, 0.15) is 0 Å². The molecule has 0 aromatic heterocycles. The molecule has 1 atom stereocenters. The number of hydrogen-bond acceptors (Lipinski definition) is 1. The fourth-order valence-corrected chi connectivity index (χ4v) is 2.80. The van der Waals surface area contributed by atoms with E-state index in [9.17, 15) is 13.2 Å². The minimum atomic E-state index is -4.09. The van der Waals surface area contributed by atoms with E-state index in [1.807, 2.05) is 13.0 Å². The van der Waals surface area contributed by atoms with Crippen molar-refractivity contribution < 1.29 is 13.2 Å². The summed E-state index contributed by atoms with van der Waals surface area (Å²) in [4.78, 5) is 0. The second-order valence-electron chi connectivity index (χ2n) is 4.32. The molecule has 6 heteroatoms. The lowest BCUT2D eigenvalue weighted by Crippen LogP contribution is -2.21. The second kappa shape index (κ2) is 7.50. The summed E-state index contributed by atoms with van der Waals surface area (Å²) in [6.07, 6.45) is -4.31. The summed E-state index contributed by atoms with van der Waals surface area (Å²) in [6.45, 7) is 2.62. The molecule has 0 spiro atoms. The maximum Gasteiger partial charge on any atom is 0.389 e. The molecule has 1 aromatic rings. The summed E-state index contributed by atoms with van der Waals surface area (Å²) in [7, 11) is 0. The van der Waals surface area contributed by atoms with E-state index in [1.54, 1.807) is 12.1 Å². The molecule has 0 fully saturated rings. The summed E-state index contributed by atoms with van der Waals surface area (Å²) in [5, 5.41) is 3.77. The van der Waals surface area contributed by atoms with E-state index in [4.69, 9.17) is 11.6 Å². The van der Waals surface area contributed by atoms with E-state index in [0.29, 0.717) is 18.0 Å². The average molecular weight is 359 g/mol. The molecule has 1 N–H and O–H groups in total. The Morgan fingerprint density at radius 3 is 2.53 bits per heavy atom. The lowest BCUT2D eigenvalue weighted by atomic mass is 10.0. The van der Waals surface area contributed by atoms with Crippen LogP contribution < -0.4 is 5.32 Å². The molecule has 1 unspecified atom stereocenters. The first-order valence-electron chi connectivity index (χ1n) is 6.08. The standard InChI is InChI=1S/C13H16BrClF3N/c1-2-19-12(4-3-5-13(16,17)18)9-6-10(14)8-11(15)7-9/h6-8,12,19H,2-5H2,1H3. The van der Waals surface area contributed by atoms with E-state index in [2.05, 4.69) is 21.2 Å². The molecule has 1 aromatic carbocycles. The molecule has 0 saturated heterocycles. The zero-order valence-electron chi connectivity index (χ0n) is 10.5. The van der Waals surface area contributed by atoms with Gasteiger partial charge in [-0.2, -0.15) is 13.2 Å². The Balaban J connectivity index is 2.71. The molecule has 0 aliphatic rings. The molecule has 0 heterocycles. The fraction of sp³-hybridized carbons (Fsp3) is 0.538. The van der Waals surface area contributed by atoms with Gasteiger partial charge in [0.25, 0.3) is 0 Å². The van der Waals surface area contributed by atoms with Crippen LogP contribution >= 0.6 is 27.5 Å². The van der Waals surface area contributed by atoms with Crippen LogP contribution in [0.4, 0.5) is 13.2 Å². The van der Waals surface area contributed by atoms with Crippen LogP contribution in [-0.2, 0) is 0 Å². The molecule has 0 radical (unpaired) electrons. The molecule has 0 saturated carbocycles. The number of hydrogen-bond donors (Lipinski definition) is 1. The highest BCUT2D eigenvalue weighted by molar-refractivity contribution is 9.10. The van der Waals surface area contributed by atoms with Crippen LogP contribution in [-0.4, -0.2) is 12.7 Å². The number of alkyl halides is 3. The van der Waals surface area contributed by atoms with Gasteiger partial charge in [-0.05, 0) is 43.1 Å². The van der Waals surface area contributed by atoms with Gasteiger partial charge in [-0.3, -0.25) is 0 Å². The summed E-state index contributed by atoms with van der Waals surface area (Å²) in [6, 6.07) is 5.31. The maximum absolute atomic E-state index is 12.2. The average Bonchev–Trinajstić information content (AvgIpc) is 2.25. The maximum atomic E-state index is 12.2. The van der Waals surface area contributed by atoms with Gasteiger partial charge in [-0.15, -0.1) is 0 Å². The third-order valence-electron chi connectivity index (χ3n) is 2.69. The van der Waals surface area contributed by atoms with Crippen molar-refractivity contribution in [3.05, 3.63) is 33.3 Å². The van der Waals surface area contributed by atoms with Gasteiger partial charge in [-0.1, -0.05) is 34.5 Å². The van der Waals surface area contributed by atoms with E-state index in [-0.39, 0.29) is 12.5 Å². The highest BCUT2D eigenvalue weighted by Crippen LogP contribution is 2.29. The van der Waals surface area contributed by atoms with Gasteiger partial charge in [0.05, 0.1) is 0 Å². The molecule has 19 heavy (non-hydrogen) atoms. The van der Waals surface area contributed by atoms with Crippen molar-refractivity contribution in [2.45, 2.75) is 38.4 Å². The molecule has 0 aliphatic carbocycles. The third kappa shape index (κ3) is 6.63. The van der Waals surface area contributed by atoms with Crippen molar-refractivity contribution in [3.8, 4) is 0 Å². The van der Waals surface area contributed by atoms with Crippen LogP contribution in [0.1, 0.15) is 37.8 Å². The Morgan fingerprint density at radius 1 is 1.32 bits per heavy atom. The van der Waals surface area contributed by atoms with E-state index in [1.165, 1.54) is 0 Å². The molecule has 108 valence electrons. The Labute approximate surface area is 124 Å². The molecule has 1 rings (SSSR count). The van der Waals surface area contributed by atoms with Crippen molar-refractivity contribution in [3.63, 3.8) is 0 Å². The fourth-order valence-electron chi connectivity index (χ4n) is 1.92. The van der Waals surface area contributed by atoms with Crippen LogP contribution in [0.25, 0.3) is 0 Å². The van der Waals surface area contributed by atoms with Crippen molar-refractivity contribution in [2.24, 2.45) is 0 Å². The van der Waals surface area contributed by atoms with E-state index < -0.39 is 12.6 Å². The topological polar surface area (TPSA) is 12.0 Å². The van der Waals surface area contributed by atoms with Crippen LogP contribution in [0.15, 0.2) is 22.7 Å². The Hall–Kier alpha value is -0.260. The highest BCUT2D eigenvalue weighted by atomic mass is 79.9. The van der Waals surface area contributed by atoms with Crippen molar-refractivity contribution in [1.82, 2.24) is 5.32 Å². The van der Waals surface area contributed by atoms with Gasteiger partial charge in [-0.25, -0.2) is 0 Å². The summed E-state index contributed by atoms with van der Waals surface area (Å²) in [5.41, 5.74) is 0.906. The van der Waals surface area contributed by atoms with Gasteiger partial charge >= 0.3 is 6.18 Å². The molecular formula is C13H16BrClF3N. The quantitative estimate of drug-likeness (QED) is 0.709. The lowest BCUT2D eigenvalue weighted by molar-refractivity contribution is -0.135. The molecule has 0 bridgehead atoms. The van der Waals surface area contributed by atoms with Gasteiger partial charge in [0, 0.05) is 22.0 Å². The number of benzene rings is 1. The molecule has 0 aliphatic heterocycles. The van der Waals surface area contributed by atoms with Crippen LogP contribution in [0.3, 0.4) is 0 Å². The Kier molecular flexibility index (Phi) is 6.63. The van der Waals surface area contributed by atoms with Crippen molar-refractivity contribution >= 4 is 27.5 Å². The minimum Gasteiger partial charge on any atom is -0.310 e. The third-order valence-corrected chi connectivity index (χ3v) is 3.37. The van der Waals surface area contributed by atoms with E-state index >= 15 is 0 Å². The summed E-state index contributed by atoms with van der Waals surface area (Å²) < 4.78 is 37.3. The minimum absolute atomic E-state index is 0.102. The van der Waals surface area contributed by atoms with Crippen molar-refractivity contribution in [2.75, 3.05) is 6.54 Å². The number of halogens is 5. The van der Waals surface area contributed by atoms with Gasteiger partial charge < -0.3 is 5.32 Å². The van der Waals surface area contributed by atoms with Crippen LogP contribution in [0, 0.1) is 0 Å². The lowest BCUT2D eigenvalue weighted by Gasteiger charge is -2.19. The van der Waals surface area contributed by atoms with Gasteiger partial charge in [0.15, 0.2) is 0 Å². The molecular weight excluding hydrogens is 343 g/mol. The summed E-state index contributed by atoms with van der Waals surface area (Å²) >= 11 is 9.30. The zero-order valence-corrected chi connectivity index (χ0v) is 12.9. The predicted molar refractivity (Wildman–Crippen MR) is 75.5 cm³/mol. The first-order valence-corrected chi connectivity index (χ1v) is 7.25. The van der Waals surface area contributed by atoms with E-state index in [0.717, 1.165) is 10.0 Å². The normalized spacial score (nSPS) is 13.6. The zero-order chi connectivity index (χ0) is 14.5. The Bertz CT molecular complexity index is 389. The van der Waals surface area contributed by atoms with Crippen LogP contribution in [0.5, 0.6) is 0 Å². The van der Waals surface area contributed by atoms with Gasteiger partial charge in [0.2, 0.25) is 0 Å². The highest BCUT2D eigenvalue weighted by Gasteiger charge is 2.26. The number of nitrogens with one attached hydrogen (secondary N) is 1. The molecule has 0 amide bonds. The predicted octanol–water partition coefficient (Wildman–Crippen LogP) is 5.49. The number of rotatable bonds is 6. The van der Waals surface area contributed by atoms with Crippen molar-refractivity contribution in [1.29, 1.82) is 0 Å².